The van der Waals surface area contributed by atoms with E-state index in [1.165, 1.54) is 11.1 Å². The smallest absolute Gasteiger partial charge is 0.0662 e. The highest BCUT2D eigenvalue weighted by Gasteiger charge is 2.01. The second-order valence-corrected chi connectivity index (χ2v) is 3.00. The Bertz CT molecular complexity index is 331. The van der Waals surface area contributed by atoms with Crippen LogP contribution in [0.2, 0.25) is 0 Å². The summed E-state index contributed by atoms with van der Waals surface area (Å²) in [4.78, 5) is 4.27. The lowest BCUT2D eigenvalue weighted by Crippen LogP contribution is -1.78. The number of hydrogen-bond donors (Lipinski definition) is 0. The van der Waals surface area contributed by atoms with Gasteiger partial charge in [-0.1, -0.05) is 35.9 Å². The summed E-state index contributed by atoms with van der Waals surface area (Å²) in [6.45, 7) is 2.09. The highest BCUT2D eigenvalue weighted by Crippen LogP contribution is 2.19. The van der Waals surface area contributed by atoms with E-state index in [1.807, 2.05) is 6.21 Å². The number of allylic oxidation sites excluding steroid dienone is 1. The van der Waals surface area contributed by atoms with Crippen molar-refractivity contribution in [1.29, 1.82) is 0 Å². The van der Waals surface area contributed by atoms with E-state index in [0.29, 0.717) is 0 Å². The number of aryl methyl sites for hydroxylation is 1. The lowest BCUT2D eigenvalue weighted by atomic mass is 10.1. The highest BCUT2D eigenvalue weighted by molar-refractivity contribution is 5.81. The first-order valence-electron chi connectivity index (χ1n) is 4.16. The van der Waals surface area contributed by atoms with Crippen LogP contribution in [0.1, 0.15) is 17.5 Å². The molecule has 0 aromatic heterocycles. The predicted molar refractivity (Wildman–Crippen MR) is 52.3 cm³/mol. The van der Waals surface area contributed by atoms with Crippen LogP contribution in [0.4, 0.5) is 0 Å². The summed E-state index contributed by atoms with van der Waals surface area (Å²) < 4.78 is 0. The highest BCUT2D eigenvalue weighted by atomic mass is 14.7. The zero-order valence-electron chi connectivity index (χ0n) is 7.12. The van der Waals surface area contributed by atoms with E-state index in [1.54, 1.807) is 0 Å². The average molecular weight is 157 g/mol. The van der Waals surface area contributed by atoms with Crippen LogP contribution in [0.3, 0.4) is 0 Å². The predicted octanol–water partition coefficient (Wildman–Crippen LogP) is 2.81. The molecule has 0 unspecified atom stereocenters. The van der Waals surface area contributed by atoms with Gasteiger partial charge >= 0.3 is 0 Å². The summed E-state index contributed by atoms with van der Waals surface area (Å²) in [5.74, 6) is 0. The van der Waals surface area contributed by atoms with E-state index in [4.69, 9.17) is 0 Å². The van der Waals surface area contributed by atoms with Crippen molar-refractivity contribution < 1.29 is 0 Å². The molecule has 0 fully saturated rings. The van der Waals surface area contributed by atoms with Gasteiger partial charge in [-0.25, -0.2) is 0 Å². The first-order valence-corrected chi connectivity index (χ1v) is 4.16. The molecule has 1 aliphatic heterocycles. The second-order valence-electron chi connectivity index (χ2n) is 3.00. The van der Waals surface area contributed by atoms with Crippen molar-refractivity contribution in [2.24, 2.45) is 4.99 Å². The molecule has 1 heteroatoms. The van der Waals surface area contributed by atoms with E-state index in [9.17, 15) is 0 Å². The maximum atomic E-state index is 4.27. The van der Waals surface area contributed by atoms with Gasteiger partial charge in [0.25, 0.3) is 0 Å². The third kappa shape index (κ3) is 1.30. The minimum Gasteiger partial charge on any atom is -0.261 e. The fourth-order valence-corrected chi connectivity index (χ4v) is 1.28. The molecule has 1 aromatic rings. The maximum absolute atomic E-state index is 4.27. The Kier molecular flexibility index (Phi) is 1.78. The molecule has 12 heavy (non-hydrogen) atoms. The van der Waals surface area contributed by atoms with Gasteiger partial charge in [-0.2, -0.15) is 0 Å². The summed E-state index contributed by atoms with van der Waals surface area (Å²) in [5.41, 5.74) is 3.62. The molecule has 1 aromatic carbocycles. The normalized spacial score (nSPS) is 14.9. The molecule has 0 saturated heterocycles. The SMILES string of the molecule is Cc1ccc(C2=CCC=N2)cc1. The lowest BCUT2D eigenvalue weighted by Gasteiger charge is -1.98. The topological polar surface area (TPSA) is 12.4 Å². The molecule has 0 aliphatic carbocycles. The van der Waals surface area contributed by atoms with E-state index < -0.39 is 0 Å². The van der Waals surface area contributed by atoms with Crippen molar-refractivity contribution in [2.75, 3.05) is 0 Å². The zero-order valence-corrected chi connectivity index (χ0v) is 7.12. The van der Waals surface area contributed by atoms with Crippen LogP contribution in [0.15, 0.2) is 35.3 Å². The molecule has 1 nitrogen and oxygen atoms in total. The van der Waals surface area contributed by atoms with Crippen LogP contribution < -0.4 is 0 Å². The van der Waals surface area contributed by atoms with Crippen LogP contribution in [0.25, 0.3) is 5.70 Å². The minimum absolute atomic E-state index is 0.975. The number of nitrogens with zero attached hydrogens (tertiary/aromatic N) is 1. The van der Waals surface area contributed by atoms with Gasteiger partial charge in [-0.05, 0) is 12.5 Å². The fraction of sp³-hybridized carbons (Fsp3) is 0.182. The summed E-state index contributed by atoms with van der Waals surface area (Å²) >= 11 is 0. The van der Waals surface area contributed by atoms with Crippen molar-refractivity contribution in [2.45, 2.75) is 13.3 Å². The van der Waals surface area contributed by atoms with E-state index in [-0.39, 0.29) is 0 Å². The molecule has 1 aliphatic rings. The molecule has 0 atom stereocenters. The van der Waals surface area contributed by atoms with Gasteiger partial charge in [0.2, 0.25) is 0 Å². The van der Waals surface area contributed by atoms with Gasteiger partial charge in [-0.15, -0.1) is 0 Å². The van der Waals surface area contributed by atoms with Crippen LogP contribution in [-0.4, -0.2) is 6.21 Å². The summed E-state index contributed by atoms with van der Waals surface area (Å²) in [5, 5.41) is 0. The zero-order chi connectivity index (χ0) is 8.39. The largest absolute Gasteiger partial charge is 0.261 e. The quantitative estimate of drug-likeness (QED) is 0.594. The number of rotatable bonds is 1. The van der Waals surface area contributed by atoms with Crippen molar-refractivity contribution in [3.63, 3.8) is 0 Å². The van der Waals surface area contributed by atoms with Gasteiger partial charge in [0.1, 0.15) is 0 Å². The Hall–Kier alpha value is -1.37. The minimum atomic E-state index is 0.975. The lowest BCUT2D eigenvalue weighted by molar-refractivity contribution is 1.44. The number of benzene rings is 1. The standard InChI is InChI=1S/C11H11N/c1-9-4-6-10(7-5-9)11-3-2-8-12-11/h3-8H,2H2,1H3. The molecular weight excluding hydrogens is 146 g/mol. The van der Waals surface area contributed by atoms with Crippen molar-refractivity contribution in [3.05, 3.63) is 41.5 Å². The molecule has 0 radical (unpaired) electrons. The summed E-state index contributed by atoms with van der Waals surface area (Å²) in [6.07, 6.45) is 5.06. The average Bonchev–Trinajstić information content (AvgIpc) is 2.58. The molecule has 0 spiro atoms. The molecule has 0 N–H and O–H groups in total. The van der Waals surface area contributed by atoms with Gasteiger partial charge in [0.15, 0.2) is 0 Å². The first kappa shape index (κ1) is 7.29. The van der Waals surface area contributed by atoms with E-state index in [0.717, 1.165) is 12.1 Å². The number of hydrogen-bond acceptors (Lipinski definition) is 1. The maximum Gasteiger partial charge on any atom is 0.0662 e. The monoisotopic (exact) mass is 157 g/mol. The fourth-order valence-electron chi connectivity index (χ4n) is 1.28. The van der Waals surface area contributed by atoms with Crippen LogP contribution >= 0.6 is 0 Å². The van der Waals surface area contributed by atoms with Gasteiger partial charge < -0.3 is 0 Å². The van der Waals surface area contributed by atoms with E-state index >= 15 is 0 Å². The Morgan fingerprint density at radius 3 is 2.50 bits per heavy atom. The van der Waals surface area contributed by atoms with Crippen molar-refractivity contribution >= 4 is 11.9 Å². The Morgan fingerprint density at radius 2 is 1.92 bits per heavy atom. The Balaban J connectivity index is 2.35. The first-order chi connectivity index (χ1) is 5.86. The van der Waals surface area contributed by atoms with Gasteiger partial charge in [0.05, 0.1) is 5.70 Å². The van der Waals surface area contributed by atoms with Crippen LogP contribution in [-0.2, 0) is 0 Å². The molecule has 1 heterocycles. The van der Waals surface area contributed by atoms with Gasteiger partial charge in [0, 0.05) is 12.6 Å². The van der Waals surface area contributed by atoms with Crippen LogP contribution in [0, 0.1) is 6.92 Å². The van der Waals surface area contributed by atoms with Crippen molar-refractivity contribution in [3.8, 4) is 0 Å². The number of aliphatic imine (C=N–C) groups is 1. The Morgan fingerprint density at radius 1 is 1.17 bits per heavy atom. The molecule has 0 saturated carbocycles. The molecule has 0 bridgehead atoms. The summed E-state index contributed by atoms with van der Waals surface area (Å²) in [6, 6.07) is 8.46. The van der Waals surface area contributed by atoms with Crippen molar-refractivity contribution in [1.82, 2.24) is 0 Å². The van der Waals surface area contributed by atoms with E-state index in [2.05, 4.69) is 42.3 Å². The molecule has 0 amide bonds. The summed E-state index contributed by atoms with van der Waals surface area (Å²) in [7, 11) is 0. The van der Waals surface area contributed by atoms with Crippen LogP contribution in [0.5, 0.6) is 0 Å². The Labute approximate surface area is 72.5 Å². The molecule has 2 rings (SSSR count). The second kappa shape index (κ2) is 2.94. The third-order valence-electron chi connectivity index (χ3n) is 1.99. The third-order valence-corrected chi connectivity index (χ3v) is 1.99. The molecule has 60 valence electrons. The molecular formula is C11H11N. The van der Waals surface area contributed by atoms with Gasteiger partial charge in [-0.3, -0.25) is 4.99 Å².